The molecule has 1 atom stereocenters. The molecule has 4 heteroatoms. The summed E-state index contributed by atoms with van der Waals surface area (Å²) in [6.45, 7) is 1.97. The highest BCUT2D eigenvalue weighted by molar-refractivity contribution is 7.88. The van der Waals surface area contributed by atoms with Crippen molar-refractivity contribution in [3.63, 3.8) is 0 Å². The van der Waals surface area contributed by atoms with Crippen molar-refractivity contribution in [2.45, 2.75) is 31.6 Å². The van der Waals surface area contributed by atoms with Crippen LogP contribution in [0.3, 0.4) is 0 Å². The van der Waals surface area contributed by atoms with Gasteiger partial charge in [-0.15, -0.1) is 6.42 Å². The highest BCUT2D eigenvalue weighted by Gasteiger charge is 2.15. The van der Waals surface area contributed by atoms with Gasteiger partial charge in [-0.1, -0.05) is 49.6 Å². The molecule has 1 aromatic carbocycles. The van der Waals surface area contributed by atoms with Crippen molar-refractivity contribution in [3.05, 3.63) is 35.9 Å². The average molecular weight is 251 g/mol. The third kappa shape index (κ3) is 5.03. The van der Waals surface area contributed by atoms with Crippen molar-refractivity contribution in [1.29, 1.82) is 0 Å². The molecular formula is C13H17NO2S. The second-order valence-electron chi connectivity index (χ2n) is 3.87. The first-order chi connectivity index (χ1) is 8.07. The smallest absolute Gasteiger partial charge is 0.212 e. The van der Waals surface area contributed by atoms with Crippen LogP contribution in [0.2, 0.25) is 0 Å². The highest BCUT2D eigenvalue weighted by Crippen LogP contribution is 2.06. The predicted molar refractivity (Wildman–Crippen MR) is 69.7 cm³/mol. The number of nitrogens with one attached hydrogen (secondary N) is 1. The lowest BCUT2D eigenvalue weighted by Gasteiger charge is -2.12. The van der Waals surface area contributed by atoms with Gasteiger partial charge in [0.15, 0.2) is 0 Å². The van der Waals surface area contributed by atoms with Gasteiger partial charge in [-0.3, -0.25) is 0 Å². The van der Waals surface area contributed by atoms with Gasteiger partial charge in [0, 0.05) is 0 Å². The second kappa shape index (κ2) is 6.43. The molecule has 0 spiro atoms. The Kier molecular flexibility index (Phi) is 5.20. The van der Waals surface area contributed by atoms with E-state index < -0.39 is 16.1 Å². The van der Waals surface area contributed by atoms with Crippen LogP contribution in [0.4, 0.5) is 0 Å². The number of sulfonamides is 1. The van der Waals surface area contributed by atoms with E-state index in [9.17, 15) is 8.42 Å². The maximum absolute atomic E-state index is 11.8. The fourth-order valence-corrected chi connectivity index (χ4v) is 2.85. The molecule has 0 aromatic heterocycles. The van der Waals surface area contributed by atoms with E-state index in [0.29, 0.717) is 6.42 Å². The fourth-order valence-electron chi connectivity index (χ4n) is 1.52. The summed E-state index contributed by atoms with van der Waals surface area (Å²) < 4.78 is 26.2. The van der Waals surface area contributed by atoms with Gasteiger partial charge >= 0.3 is 0 Å². The number of benzene rings is 1. The van der Waals surface area contributed by atoms with Crippen LogP contribution < -0.4 is 4.72 Å². The molecule has 0 fully saturated rings. The van der Waals surface area contributed by atoms with E-state index >= 15 is 0 Å². The molecule has 3 nitrogen and oxygen atoms in total. The van der Waals surface area contributed by atoms with Crippen LogP contribution in [0, 0.1) is 12.3 Å². The van der Waals surface area contributed by atoms with Crippen LogP contribution >= 0.6 is 0 Å². The van der Waals surface area contributed by atoms with Crippen LogP contribution in [0.5, 0.6) is 0 Å². The third-order valence-electron chi connectivity index (χ3n) is 2.30. The number of hydrogen-bond acceptors (Lipinski definition) is 2. The standard InChI is InChI=1S/C13H17NO2S/c1-3-8-13(4-2)14-17(15,16)11-12-9-6-5-7-10-12/h2,5-7,9-10,13-14H,3,8,11H2,1H3. The quantitative estimate of drug-likeness (QED) is 0.785. The minimum Gasteiger partial charge on any atom is -0.212 e. The van der Waals surface area contributed by atoms with E-state index in [1.54, 1.807) is 12.1 Å². The lowest BCUT2D eigenvalue weighted by molar-refractivity contribution is 0.563. The maximum atomic E-state index is 11.8. The third-order valence-corrected chi connectivity index (χ3v) is 3.66. The normalized spacial score (nSPS) is 12.9. The molecule has 1 N–H and O–H groups in total. The number of terminal acetylenes is 1. The van der Waals surface area contributed by atoms with Gasteiger partial charge < -0.3 is 0 Å². The van der Waals surface area contributed by atoms with Crippen LogP contribution in [-0.2, 0) is 15.8 Å². The van der Waals surface area contributed by atoms with Crippen molar-refractivity contribution in [1.82, 2.24) is 4.72 Å². The van der Waals surface area contributed by atoms with Gasteiger partial charge in [0.25, 0.3) is 0 Å². The molecule has 1 aromatic rings. The van der Waals surface area contributed by atoms with E-state index in [-0.39, 0.29) is 5.75 Å². The van der Waals surface area contributed by atoms with Crippen molar-refractivity contribution in [2.24, 2.45) is 0 Å². The molecular weight excluding hydrogens is 234 g/mol. The minimum absolute atomic E-state index is 0.0320. The first kappa shape index (κ1) is 13.8. The summed E-state index contributed by atoms with van der Waals surface area (Å²) in [6.07, 6.45) is 6.79. The zero-order chi connectivity index (χ0) is 12.7. The van der Waals surface area contributed by atoms with Gasteiger partial charge in [0.05, 0.1) is 11.8 Å². The van der Waals surface area contributed by atoms with Crippen molar-refractivity contribution >= 4 is 10.0 Å². The molecule has 0 aliphatic carbocycles. The van der Waals surface area contributed by atoms with Crippen LogP contribution in [0.15, 0.2) is 30.3 Å². The predicted octanol–water partition coefficient (Wildman–Crippen LogP) is 1.91. The Morgan fingerprint density at radius 2 is 2.00 bits per heavy atom. The van der Waals surface area contributed by atoms with Gasteiger partial charge in [0.2, 0.25) is 10.0 Å². The van der Waals surface area contributed by atoms with Gasteiger partial charge in [-0.25, -0.2) is 13.1 Å². The maximum Gasteiger partial charge on any atom is 0.216 e. The molecule has 0 heterocycles. The Morgan fingerprint density at radius 1 is 1.35 bits per heavy atom. The Morgan fingerprint density at radius 3 is 2.53 bits per heavy atom. The van der Waals surface area contributed by atoms with Crippen molar-refractivity contribution < 1.29 is 8.42 Å². The van der Waals surface area contributed by atoms with Gasteiger partial charge in [-0.05, 0) is 12.0 Å². The first-order valence-electron chi connectivity index (χ1n) is 5.57. The van der Waals surface area contributed by atoms with E-state index in [0.717, 1.165) is 12.0 Å². The molecule has 0 aliphatic heterocycles. The molecule has 0 bridgehead atoms. The Bertz CT molecular complexity index is 474. The Hall–Kier alpha value is -1.31. The molecule has 0 aliphatic rings. The number of hydrogen-bond donors (Lipinski definition) is 1. The first-order valence-corrected chi connectivity index (χ1v) is 7.22. The zero-order valence-corrected chi connectivity index (χ0v) is 10.7. The largest absolute Gasteiger partial charge is 0.216 e. The fraction of sp³-hybridized carbons (Fsp3) is 0.385. The summed E-state index contributed by atoms with van der Waals surface area (Å²) in [7, 11) is -3.36. The summed E-state index contributed by atoms with van der Waals surface area (Å²) in [5.41, 5.74) is 0.757. The molecule has 17 heavy (non-hydrogen) atoms. The number of rotatable bonds is 6. The van der Waals surface area contributed by atoms with Crippen molar-refractivity contribution in [2.75, 3.05) is 0 Å². The molecule has 0 saturated heterocycles. The van der Waals surface area contributed by atoms with Crippen LogP contribution in [-0.4, -0.2) is 14.5 Å². The van der Waals surface area contributed by atoms with Crippen LogP contribution in [0.25, 0.3) is 0 Å². The van der Waals surface area contributed by atoms with Crippen molar-refractivity contribution in [3.8, 4) is 12.3 Å². The van der Waals surface area contributed by atoms with E-state index in [4.69, 9.17) is 6.42 Å². The molecule has 1 unspecified atom stereocenters. The summed E-state index contributed by atoms with van der Waals surface area (Å²) in [4.78, 5) is 0. The zero-order valence-electron chi connectivity index (χ0n) is 9.89. The SMILES string of the molecule is C#CC(CCC)NS(=O)(=O)Cc1ccccc1. The second-order valence-corrected chi connectivity index (χ2v) is 5.62. The van der Waals surface area contributed by atoms with E-state index in [2.05, 4.69) is 10.6 Å². The summed E-state index contributed by atoms with van der Waals surface area (Å²) >= 11 is 0. The Balaban J connectivity index is 2.67. The topological polar surface area (TPSA) is 46.2 Å². The van der Waals surface area contributed by atoms with Crippen LogP contribution in [0.1, 0.15) is 25.3 Å². The Labute approximate surface area is 103 Å². The van der Waals surface area contributed by atoms with Gasteiger partial charge in [-0.2, -0.15) is 0 Å². The molecule has 1 rings (SSSR count). The molecule has 0 saturated carbocycles. The van der Waals surface area contributed by atoms with E-state index in [1.165, 1.54) is 0 Å². The summed E-state index contributed by atoms with van der Waals surface area (Å²) in [5.74, 6) is 2.42. The monoisotopic (exact) mass is 251 g/mol. The molecule has 0 radical (unpaired) electrons. The van der Waals surface area contributed by atoms with Gasteiger partial charge in [0.1, 0.15) is 0 Å². The highest BCUT2D eigenvalue weighted by atomic mass is 32.2. The summed E-state index contributed by atoms with van der Waals surface area (Å²) in [5, 5.41) is 0. The lowest BCUT2D eigenvalue weighted by Crippen LogP contribution is -2.34. The van der Waals surface area contributed by atoms with E-state index in [1.807, 2.05) is 25.1 Å². The summed E-state index contributed by atoms with van der Waals surface area (Å²) in [6, 6.07) is 8.64. The molecule has 92 valence electrons. The average Bonchev–Trinajstić information content (AvgIpc) is 2.29. The lowest BCUT2D eigenvalue weighted by atomic mass is 10.2. The molecule has 0 amide bonds. The minimum atomic E-state index is -3.36.